The minimum absolute atomic E-state index is 0.0954. The topological polar surface area (TPSA) is 29.5 Å². The molecule has 0 N–H and O–H groups in total. The van der Waals surface area contributed by atoms with Crippen LogP contribution >= 0.6 is 22.9 Å². The van der Waals surface area contributed by atoms with E-state index in [1.807, 2.05) is 19.2 Å². The minimum Gasteiger partial charge on any atom is -0.469 e. The van der Waals surface area contributed by atoms with Gasteiger partial charge in [-0.25, -0.2) is 0 Å². The van der Waals surface area contributed by atoms with Crippen LogP contribution in [0.1, 0.15) is 12.8 Å². The minimum atomic E-state index is -0.278. The summed E-state index contributed by atoms with van der Waals surface area (Å²) in [6.07, 6.45) is 1.84. The van der Waals surface area contributed by atoms with Crippen molar-refractivity contribution in [3.63, 3.8) is 0 Å². The van der Waals surface area contributed by atoms with Gasteiger partial charge in [0.1, 0.15) is 0 Å². The Hall–Kier alpha value is -0.740. The highest BCUT2D eigenvalue weighted by molar-refractivity contribution is 7.19. The standard InChI is InChI=1S/C11H14ClNO2S/c1-13(9-4-3-8(12)16-9)7-11(5-6-11)10(14)15-2/h3-4H,5-7H2,1-2H3. The second-order valence-corrected chi connectivity index (χ2v) is 5.90. The van der Waals surface area contributed by atoms with Crippen molar-refractivity contribution in [3.8, 4) is 0 Å². The molecule has 5 heteroatoms. The van der Waals surface area contributed by atoms with Gasteiger partial charge in [0, 0.05) is 13.6 Å². The summed E-state index contributed by atoms with van der Waals surface area (Å²) < 4.78 is 5.60. The molecule has 0 aromatic carbocycles. The van der Waals surface area contributed by atoms with E-state index in [2.05, 4.69) is 4.90 Å². The number of anilines is 1. The second-order valence-electron chi connectivity index (χ2n) is 4.21. The third kappa shape index (κ3) is 2.18. The molecule has 88 valence electrons. The number of carbonyl (C=O) groups excluding carboxylic acids is 1. The molecule has 0 saturated heterocycles. The number of rotatable bonds is 4. The van der Waals surface area contributed by atoms with Crippen LogP contribution in [0, 0.1) is 5.41 Å². The van der Waals surface area contributed by atoms with Crippen molar-refractivity contribution in [1.82, 2.24) is 0 Å². The monoisotopic (exact) mass is 259 g/mol. The molecule has 0 spiro atoms. The highest BCUT2D eigenvalue weighted by Crippen LogP contribution is 2.48. The molecule has 1 aliphatic rings. The number of halogens is 1. The number of hydrogen-bond acceptors (Lipinski definition) is 4. The van der Waals surface area contributed by atoms with Gasteiger partial charge in [-0.05, 0) is 25.0 Å². The van der Waals surface area contributed by atoms with E-state index < -0.39 is 0 Å². The number of esters is 1. The number of methoxy groups -OCH3 is 1. The summed E-state index contributed by atoms with van der Waals surface area (Å²) in [6.45, 7) is 0.705. The van der Waals surface area contributed by atoms with Crippen LogP contribution in [-0.2, 0) is 9.53 Å². The zero-order valence-corrected chi connectivity index (χ0v) is 10.9. The third-order valence-corrected chi connectivity index (χ3v) is 4.29. The average Bonchev–Trinajstić information content (AvgIpc) is 2.91. The van der Waals surface area contributed by atoms with Crippen LogP contribution in [0.5, 0.6) is 0 Å². The maximum Gasteiger partial charge on any atom is 0.313 e. The Bertz CT molecular complexity index is 400. The van der Waals surface area contributed by atoms with E-state index in [0.717, 1.165) is 22.2 Å². The molecule has 1 aromatic heterocycles. The van der Waals surface area contributed by atoms with Crippen molar-refractivity contribution in [2.75, 3.05) is 25.6 Å². The summed E-state index contributed by atoms with van der Waals surface area (Å²) in [5.74, 6) is -0.0954. The predicted octanol–water partition coefficient (Wildman–Crippen LogP) is 2.79. The predicted molar refractivity (Wildman–Crippen MR) is 66.3 cm³/mol. The summed E-state index contributed by atoms with van der Waals surface area (Å²) in [5.41, 5.74) is -0.278. The van der Waals surface area contributed by atoms with E-state index in [1.54, 1.807) is 0 Å². The molecule has 1 aromatic rings. The highest BCUT2D eigenvalue weighted by atomic mass is 35.5. The smallest absolute Gasteiger partial charge is 0.313 e. The average molecular weight is 260 g/mol. The summed E-state index contributed by atoms with van der Waals surface area (Å²) in [6, 6.07) is 3.84. The van der Waals surface area contributed by atoms with Crippen molar-refractivity contribution in [3.05, 3.63) is 16.5 Å². The maximum atomic E-state index is 11.6. The van der Waals surface area contributed by atoms with Crippen molar-refractivity contribution < 1.29 is 9.53 Å². The van der Waals surface area contributed by atoms with Crippen molar-refractivity contribution in [2.24, 2.45) is 5.41 Å². The van der Waals surface area contributed by atoms with Crippen LogP contribution < -0.4 is 4.90 Å². The Morgan fingerprint density at radius 2 is 2.31 bits per heavy atom. The fourth-order valence-electron chi connectivity index (χ4n) is 1.84. The molecule has 3 nitrogen and oxygen atoms in total. The maximum absolute atomic E-state index is 11.6. The van der Waals surface area contributed by atoms with Crippen molar-refractivity contribution in [2.45, 2.75) is 12.8 Å². The lowest BCUT2D eigenvalue weighted by molar-refractivity contribution is -0.146. The van der Waals surface area contributed by atoms with Crippen molar-refractivity contribution in [1.29, 1.82) is 0 Å². The number of nitrogens with zero attached hydrogens (tertiary/aromatic N) is 1. The van der Waals surface area contributed by atoms with Gasteiger partial charge in [-0.15, -0.1) is 11.3 Å². The first-order chi connectivity index (χ1) is 7.57. The zero-order valence-electron chi connectivity index (χ0n) is 9.33. The Morgan fingerprint density at radius 3 is 2.75 bits per heavy atom. The number of carbonyl (C=O) groups is 1. The summed E-state index contributed by atoms with van der Waals surface area (Å²) >= 11 is 7.40. The van der Waals surface area contributed by atoms with Gasteiger partial charge in [-0.3, -0.25) is 4.79 Å². The van der Waals surface area contributed by atoms with Crippen LogP contribution in [0.15, 0.2) is 12.1 Å². The quantitative estimate of drug-likeness (QED) is 0.779. The number of ether oxygens (including phenoxy) is 1. The molecule has 0 bridgehead atoms. The molecule has 2 rings (SSSR count). The van der Waals surface area contributed by atoms with Gasteiger partial charge in [-0.2, -0.15) is 0 Å². The Labute approximate surface area is 104 Å². The molecule has 1 aliphatic carbocycles. The summed E-state index contributed by atoms with van der Waals surface area (Å²) in [7, 11) is 3.43. The first-order valence-electron chi connectivity index (χ1n) is 5.12. The van der Waals surface area contributed by atoms with Crippen molar-refractivity contribution >= 4 is 33.9 Å². The normalized spacial score (nSPS) is 16.9. The Balaban J connectivity index is 2.02. The largest absolute Gasteiger partial charge is 0.469 e. The summed E-state index contributed by atoms with van der Waals surface area (Å²) in [4.78, 5) is 13.7. The van der Waals surface area contributed by atoms with E-state index in [-0.39, 0.29) is 11.4 Å². The zero-order chi connectivity index (χ0) is 11.8. The summed E-state index contributed by atoms with van der Waals surface area (Å²) in [5, 5.41) is 1.08. The van der Waals surface area contributed by atoms with Gasteiger partial charge in [0.15, 0.2) is 0 Å². The van der Waals surface area contributed by atoms with E-state index in [4.69, 9.17) is 16.3 Å². The van der Waals surface area contributed by atoms with Gasteiger partial charge in [0.25, 0.3) is 0 Å². The lowest BCUT2D eigenvalue weighted by Gasteiger charge is -2.22. The lowest BCUT2D eigenvalue weighted by Crippen LogP contribution is -2.32. The van der Waals surface area contributed by atoms with E-state index in [0.29, 0.717) is 6.54 Å². The first kappa shape index (κ1) is 11.7. The Morgan fingerprint density at radius 1 is 1.62 bits per heavy atom. The van der Waals surface area contributed by atoms with Gasteiger partial charge in [0.05, 0.1) is 21.9 Å². The molecule has 0 atom stereocenters. The number of thiophene rings is 1. The SMILES string of the molecule is COC(=O)C1(CN(C)c2ccc(Cl)s2)CC1. The second kappa shape index (κ2) is 4.26. The van der Waals surface area contributed by atoms with Crippen LogP contribution in [0.25, 0.3) is 0 Å². The third-order valence-electron chi connectivity index (χ3n) is 2.95. The fraction of sp³-hybridized carbons (Fsp3) is 0.545. The fourth-order valence-corrected chi connectivity index (χ4v) is 2.83. The lowest BCUT2D eigenvalue weighted by atomic mass is 10.1. The number of hydrogen-bond donors (Lipinski definition) is 0. The van der Waals surface area contributed by atoms with E-state index in [9.17, 15) is 4.79 Å². The molecule has 16 heavy (non-hydrogen) atoms. The molecule has 0 aliphatic heterocycles. The van der Waals surface area contributed by atoms with Gasteiger partial charge >= 0.3 is 5.97 Å². The van der Waals surface area contributed by atoms with Crippen LogP contribution in [-0.4, -0.2) is 26.7 Å². The van der Waals surface area contributed by atoms with Crippen LogP contribution in [0.2, 0.25) is 4.34 Å². The molecule has 1 heterocycles. The van der Waals surface area contributed by atoms with Crippen LogP contribution in [0.4, 0.5) is 5.00 Å². The molecule has 1 saturated carbocycles. The van der Waals surface area contributed by atoms with E-state index in [1.165, 1.54) is 18.4 Å². The molecule has 0 radical (unpaired) electrons. The van der Waals surface area contributed by atoms with Gasteiger partial charge < -0.3 is 9.64 Å². The van der Waals surface area contributed by atoms with Crippen LogP contribution in [0.3, 0.4) is 0 Å². The molecular weight excluding hydrogens is 246 g/mol. The van der Waals surface area contributed by atoms with Gasteiger partial charge in [-0.1, -0.05) is 11.6 Å². The molecular formula is C11H14ClNO2S. The molecule has 0 unspecified atom stereocenters. The van der Waals surface area contributed by atoms with E-state index >= 15 is 0 Å². The molecule has 1 fully saturated rings. The van der Waals surface area contributed by atoms with Gasteiger partial charge in [0.2, 0.25) is 0 Å². The first-order valence-corrected chi connectivity index (χ1v) is 6.32. The highest BCUT2D eigenvalue weighted by Gasteiger charge is 2.51. The Kier molecular flexibility index (Phi) is 3.13. The molecule has 0 amide bonds.